The van der Waals surface area contributed by atoms with Crippen molar-refractivity contribution in [2.75, 3.05) is 0 Å². The molecule has 0 spiro atoms. The van der Waals surface area contributed by atoms with Crippen LogP contribution >= 0.6 is 0 Å². The summed E-state index contributed by atoms with van der Waals surface area (Å²) in [6, 6.07) is 9.72. The first-order chi connectivity index (χ1) is 10.6. The van der Waals surface area contributed by atoms with E-state index in [9.17, 15) is 4.79 Å². The summed E-state index contributed by atoms with van der Waals surface area (Å²) in [6.07, 6.45) is 2.42. The zero-order chi connectivity index (χ0) is 15.7. The smallest absolute Gasteiger partial charge is 0.166 e. The molecule has 0 saturated heterocycles. The van der Waals surface area contributed by atoms with E-state index in [-0.39, 0.29) is 11.7 Å². The van der Waals surface area contributed by atoms with Crippen molar-refractivity contribution in [1.29, 1.82) is 5.26 Å². The van der Waals surface area contributed by atoms with Crippen LogP contribution in [0.15, 0.2) is 24.3 Å². The molecule has 1 aliphatic rings. The first-order valence-corrected chi connectivity index (χ1v) is 7.72. The Hall–Kier alpha value is -2.41. The molecular formula is C18H19N3O. The van der Waals surface area contributed by atoms with Gasteiger partial charge in [0, 0.05) is 12.1 Å². The van der Waals surface area contributed by atoms with E-state index in [1.165, 1.54) is 0 Å². The lowest BCUT2D eigenvalue weighted by Gasteiger charge is -2.14. The van der Waals surface area contributed by atoms with Gasteiger partial charge in [0.1, 0.15) is 0 Å². The van der Waals surface area contributed by atoms with Crippen molar-refractivity contribution in [2.45, 2.75) is 45.6 Å². The number of hydrogen-bond acceptors (Lipinski definition) is 3. The molecular weight excluding hydrogens is 274 g/mol. The molecule has 1 heterocycles. The van der Waals surface area contributed by atoms with Crippen LogP contribution in [-0.2, 0) is 13.0 Å². The maximum atomic E-state index is 12.3. The second kappa shape index (κ2) is 5.76. The standard InChI is InChI=1S/C18H19N3O/c1-12(2)18-17-15(7-4-8-16(17)22)21(20-18)11-14-6-3-5-13(9-14)10-19/h3,5-6,9,12H,4,7-8,11H2,1-2H3. The Morgan fingerprint density at radius 1 is 1.36 bits per heavy atom. The molecule has 22 heavy (non-hydrogen) atoms. The first-order valence-electron chi connectivity index (χ1n) is 7.72. The van der Waals surface area contributed by atoms with Gasteiger partial charge >= 0.3 is 0 Å². The van der Waals surface area contributed by atoms with E-state index in [0.29, 0.717) is 18.5 Å². The summed E-state index contributed by atoms with van der Waals surface area (Å²) in [5.41, 5.74) is 4.51. The van der Waals surface area contributed by atoms with E-state index >= 15 is 0 Å². The lowest BCUT2D eigenvalue weighted by atomic mass is 9.91. The Morgan fingerprint density at radius 3 is 2.91 bits per heavy atom. The Morgan fingerprint density at radius 2 is 2.18 bits per heavy atom. The molecule has 1 aliphatic carbocycles. The van der Waals surface area contributed by atoms with Gasteiger partial charge in [-0.2, -0.15) is 10.4 Å². The number of ketones is 1. The number of hydrogen-bond donors (Lipinski definition) is 0. The van der Waals surface area contributed by atoms with Gasteiger partial charge in [-0.05, 0) is 36.5 Å². The van der Waals surface area contributed by atoms with Gasteiger partial charge in [0.25, 0.3) is 0 Å². The van der Waals surface area contributed by atoms with Crippen LogP contribution in [-0.4, -0.2) is 15.6 Å². The number of rotatable bonds is 3. The molecule has 0 atom stereocenters. The first kappa shape index (κ1) is 14.5. The highest BCUT2D eigenvalue weighted by atomic mass is 16.1. The second-order valence-electron chi connectivity index (χ2n) is 6.11. The molecule has 0 N–H and O–H groups in total. The average Bonchev–Trinajstić information content (AvgIpc) is 2.88. The van der Waals surface area contributed by atoms with Crippen LogP contribution in [0.1, 0.15) is 65.5 Å². The summed E-state index contributed by atoms with van der Waals surface area (Å²) in [7, 11) is 0. The average molecular weight is 293 g/mol. The quantitative estimate of drug-likeness (QED) is 0.871. The molecule has 0 unspecified atom stereocenters. The summed E-state index contributed by atoms with van der Waals surface area (Å²) in [6.45, 7) is 4.76. The molecule has 4 heteroatoms. The van der Waals surface area contributed by atoms with Gasteiger partial charge in [-0.15, -0.1) is 0 Å². The minimum Gasteiger partial charge on any atom is -0.294 e. The summed E-state index contributed by atoms with van der Waals surface area (Å²) >= 11 is 0. The van der Waals surface area contributed by atoms with Crippen LogP contribution in [0.5, 0.6) is 0 Å². The third-order valence-corrected chi connectivity index (χ3v) is 4.12. The fourth-order valence-corrected chi connectivity index (χ4v) is 3.06. The van der Waals surface area contributed by atoms with Gasteiger partial charge in [0.2, 0.25) is 0 Å². The minimum atomic E-state index is 0.224. The normalized spacial score (nSPS) is 14.0. The second-order valence-corrected chi connectivity index (χ2v) is 6.11. The number of aromatic nitrogens is 2. The molecule has 0 amide bonds. The SMILES string of the molecule is CC(C)c1nn(Cc2cccc(C#N)c2)c2c1C(=O)CCC2. The largest absolute Gasteiger partial charge is 0.294 e. The zero-order valence-corrected chi connectivity index (χ0v) is 13.0. The van der Waals surface area contributed by atoms with E-state index in [1.54, 1.807) is 6.07 Å². The van der Waals surface area contributed by atoms with Gasteiger partial charge in [0.15, 0.2) is 5.78 Å². The Bertz CT molecular complexity index is 765. The van der Waals surface area contributed by atoms with E-state index in [2.05, 4.69) is 19.9 Å². The van der Waals surface area contributed by atoms with Gasteiger partial charge in [-0.3, -0.25) is 9.48 Å². The van der Waals surface area contributed by atoms with Crippen LogP contribution in [0.2, 0.25) is 0 Å². The van der Waals surface area contributed by atoms with Crippen molar-refractivity contribution in [3.63, 3.8) is 0 Å². The maximum Gasteiger partial charge on any atom is 0.166 e. The van der Waals surface area contributed by atoms with Gasteiger partial charge in [-0.25, -0.2) is 0 Å². The molecule has 4 nitrogen and oxygen atoms in total. The van der Waals surface area contributed by atoms with Crippen LogP contribution in [0.25, 0.3) is 0 Å². The lowest BCUT2D eigenvalue weighted by Crippen LogP contribution is -2.14. The number of Topliss-reactive ketones (excluding diaryl/α,β-unsaturated/α-hetero) is 1. The van der Waals surface area contributed by atoms with Crippen LogP contribution < -0.4 is 0 Å². The molecule has 0 fully saturated rings. The molecule has 1 aromatic carbocycles. The fourth-order valence-electron chi connectivity index (χ4n) is 3.06. The Balaban J connectivity index is 2.02. The molecule has 3 rings (SSSR count). The summed E-state index contributed by atoms with van der Waals surface area (Å²) in [4.78, 5) is 12.3. The lowest BCUT2D eigenvalue weighted by molar-refractivity contribution is 0.0970. The predicted octanol–water partition coefficient (Wildman–Crippen LogP) is 3.45. The summed E-state index contributed by atoms with van der Waals surface area (Å²) in [5, 5.41) is 13.7. The van der Waals surface area contributed by atoms with Gasteiger partial charge in [0.05, 0.1) is 29.4 Å². The Labute approximate surface area is 130 Å². The van der Waals surface area contributed by atoms with E-state index in [4.69, 9.17) is 10.4 Å². The van der Waals surface area contributed by atoms with Crippen LogP contribution in [0, 0.1) is 11.3 Å². The fraction of sp³-hybridized carbons (Fsp3) is 0.389. The summed E-state index contributed by atoms with van der Waals surface area (Å²) < 4.78 is 1.96. The van der Waals surface area contributed by atoms with Crippen molar-refractivity contribution in [3.05, 3.63) is 52.3 Å². The van der Waals surface area contributed by atoms with Crippen LogP contribution in [0.3, 0.4) is 0 Å². The molecule has 1 aromatic heterocycles. The van der Waals surface area contributed by atoms with E-state index < -0.39 is 0 Å². The molecule has 112 valence electrons. The zero-order valence-electron chi connectivity index (χ0n) is 13.0. The van der Waals surface area contributed by atoms with Crippen molar-refractivity contribution in [1.82, 2.24) is 9.78 Å². The molecule has 2 aromatic rings. The minimum absolute atomic E-state index is 0.224. The molecule has 0 saturated carbocycles. The third kappa shape index (κ3) is 2.55. The van der Waals surface area contributed by atoms with Crippen molar-refractivity contribution < 1.29 is 4.79 Å². The summed E-state index contributed by atoms with van der Waals surface area (Å²) in [5.74, 6) is 0.462. The Kier molecular flexibility index (Phi) is 3.81. The number of nitriles is 1. The number of nitrogens with zero attached hydrogens (tertiary/aromatic N) is 3. The predicted molar refractivity (Wildman–Crippen MR) is 83.8 cm³/mol. The van der Waals surface area contributed by atoms with Crippen molar-refractivity contribution in [2.24, 2.45) is 0 Å². The highest BCUT2D eigenvalue weighted by Crippen LogP contribution is 2.29. The van der Waals surface area contributed by atoms with Gasteiger partial charge < -0.3 is 0 Å². The van der Waals surface area contributed by atoms with Gasteiger partial charge in [-0.1, -0.05) is 26.0 Å². The molecule has 0 aliphatic heterocycles. The third-order valence-electron chi connectivity index (χ3n) is 4.12. The highest BCUT2D eigenvalue weighted by molar-refractivity contribution is 5.99. The number of fused-ring (bicyclic) bond motifs is 1. The van der Waals surface area contributed by atoms with Crippen LogP contribution in [0.4, 0.5) is 0 Å². The molecule has 0 bridgehead atoms. The monoisotopic (exact) mass is 293 g/mol. The number of carbonyl (C=O) groups is 1. The number of carbonyl (C=O) groups excluding carboxylic acids is 1. The maximum absolute atomic E-state index is 12.3. The van der Waals surface area contributed by atoms with E-state index in [1.807, 2.05) is 22.9 Å². The van der Waals surface area contributed by atoms with Crippen molar-refractivity contribution in [3.8, 4) is 6.07 Å². The molecule has 0 radical (unpaired) electrons. The van der Waals surface area contributed by atoms with E-state index in [0.717, 1.165) is 35.4 Å². The van der Waals surface area contributed by atoms with Crippen molar-refractivity contribution >= 4 is 5.78 Å². The topological polar surface area (TPSA) is 58.7 Å². The highest BCUT2D eigenvalue weighted by Gasteiger charge is 2.27. The number of benzene rings is 1.